The van der Waals surface area contributed by atoms with Crippen molar-refractivity contribution in [2.45, 2.75) is 51.0 Å². The summed E-state index contributed by atoms with van der Waals surface area (Å²) < 4.78 is 10.7. The van der Waals surface area contributed by atoms with Gasteiger partial charge in [-0.15, -0.1) is 0 Å². The van der Waals surface area contributed by atoms with Crippen molar-refractivity contribution in [2.24, 2.45) is 11.7 Å². The molecule has 0 radical (unpaired) electrons. The minimum atomic E-state index is 0.0546. The monoisotopic (exact) mass is 277 g/mol. The van der Waals surface area contributed by atoms with Crippen molar-refractivity contribution in [3.8, 4) is 11.5 Å². The molecule has 0 heterocycles. The van der Waals surface area contributed by atoms with Crippen molar-refractivity contribution in [1.82, 2.24) is 0 Å². The number of methoxy groups -OCH3 is 2. The van der Waals surface area contributed by atoms with Gasteiger partial charge in [-0.2, -0.15) is 0 Å². The van der Waals surface area contributed by atoms with E-state index in [0.717, 1.165) is 29.4 Å². The van der Waals surface area contributed by atoms with E-state index >= 15 is 0 Å². The van der Waals surface area contributed by atoms with Crippen LogP contribution in [0.25, 0.3) is 0 Å². The van der Waals surface area contributed by atoms with Crippen LogP contribution in [0.3, 0.4) is 0 Å². The van der Waals surface area contributed by atoms with Gasteiger partial charge in [0.15, 0.2) is 0 Å². The highest BCUT2D eigenvalue weighted by Gasteiger charge is 2.19. The van der Waals surface area contributed by atoms with Crippen molar-refractivity contribution in [1.29, 1.82) is 0 Å². The number of nitrogens with two attached hydrogens (primary N) is 1. The topological polar surface area (TPSA) is 44.5 Å². The van der Waals surface area contributed by atoms with Crippen LogP contribution >= 0.6 is 0 Å². The molecule has 0 aromatic heterocycles. The Morgan fingerprint density at radius 2 is 1.80 bits per heavy atom. The Morgan fingerprint density at radius 3 is 2.40 bits per heavy atom. The second kappa shape index (κ2) is 7.53. The maximum Gasteiger partial charge on any atom is 0.127 e. The van der Waals surface area contributed by atoms with Gasteiger partial charge in [0.25, 0.3) is 0 Å². The van der Waals surface area contributed by atoms with Crippen molar-refractivity contribution in [3.63, 3.8) is 0 Å². The summed E-state index contributed by atoms with van der Waals surface area (Å²) in [5.41, 5.74) is 7.52. The minimum Gasteiger partial charge on any atom is -0.497 e. The Labute approximate surface area is 122 Å². The lowest BCUT2D eigenvalue weighted by Crippen LogP contribution is -2.16. The summed E-state index contributed by atoms with van der Waals surface area (Å²) in [6.07, 6.45) is 9.20. The third-order valence-electron chi connectivity index (χ3n) is 4.40. The molecule has 0 aliphatic heterocycles. The average Bonchev–Trinajstić information content (AvgIpc) is 2.75. The van der Waals surface area contributed by atoms with Crippen LogP contribution in [0.5, 0.6) is 11.5 Å². The second-order valence-electron chi connectivity index (χ2n) is 5.81. The molecule has 1 fully saturated rings. The normalized spacial score (nSPS) is 18.4. The van der Waals surface area contributed by atoms with E-state index in [4.69, 9.17) is 15.2 Å². The molecule has 1 saturated carbocycles. The summed E-state index contributed by atoms with van der Waals surface area (Å²) >= 11 is 0. The van der Waals surface area contributed by atoms with E-state index in [0.29, 0.717) is 0 Å². The molecule has 1 atom stereocenters. The third-order valence-corrected chi connectivity index (χ3v) is 4.40. The maximum atomic E-state index is 6.42. The first-order valence-electron chi connectivity index (χ1n) is 7.72. The fraction of sp³-hybridized carbons (Fsp3) is 0.647. The van der Waals surface area contributed by atoms with E-state index in [-0.39, 0.29) is 6.04 Å². The van der Waals surface area contributed by atoms with Gasteiger partial charge in [0, 0.05) is 17.7 Å². The Morgan fingerprint density at radius 1 is 1.10 bits per heavy atom. The zero-order valence-corrected chi connectivity index (χ0v) is 12.7. The van der Waals surface area contributed by atoms with Gasteiger partial charge in [0.2, 0.25) is 0 Å². The highest BCUT2D eigenvalue weighted by molar-refractivity contribution is 5.42. The van der Waals surface area contributed by atoms with Gasteiger partial charge in [0.1, 0.15) is 11.5 Å². The number of benzene rings is 1. The first-order chi connectivity index (χ1) is 9.74. The molecule has 0 saturated heterocycles. The summed E-state index contributed by atoms with van der Waals surface area (Å²) in [6.45, 7) is 0. The predicted octanol–water partition coefficient (Wildman–Crippen LogP) is 4.06. The van der Waals surface area contributed by atoms with Crippen molar-refractivity contribution in [3.05, 3.63) is 23.8 Å². The molecular weight excluding hydrogens is 250 g/mol. The molecule has 0 amide bonds. The van der Waals surface area contributed by atoms with Gasteiger partial charge < -0.3 is 15.2 Å². The smallest absolute Gasteiger partial charge is 0.127 e. The molecule has 112 valence electrons. The van der Waals surface area contributed by atoms with E-state index in [2.05, 4.69) is 0 Å². The number of hydrogen-bond acceptors (Lipinski definition) is 3. The van der Waals surface area contributed by atoms with Crippen LogP contribution in [-0.4, -0.2) is 14.2 Å². The standard InChI is InChI=1S/C17H27NO2/c1-19-14-9-10-15(17(12-14)20-2)16(18)11-13-7-5-3-4-6-8-13/h9-10,12-13,16H,3-8,11,18H2,1-2H3. The first kappa shape index (κ1) is 15.2. The average molecular weight is 277 g/mol. The Hall–Kier alpha value is -1.22. The van der Waals surface area contributed by atoms with E-state index in [1.807, 2.05) is 18.2 Å². The zero-order valence-electron chi connectivity index (χ0n) is 12.7. The van der Waals surface area contributed by atoms with E-state index in [1.165, 1.54) is 38.5 Å². The molecule has 1 aliphatic rings. The molecule has 3 nitrogen and oxygen atoms in total. The van der Waals surface area contributed by atoms with Crippen LogP contribution < -0.4 is 15.2 Å². The van der Waals surface area contributed by atoms with E-state index < -0.39 is 0 Å². The fourth-order valence-electron chi connectivity index (χ4n) is 3.21. The maximum absolute atomic E-state index is 6.42. The summed E-state index contributed by atoms with van der Waals surface area (Å²) in [5.74, 6) is 2.41. The van der Waals surface area contributed by atoms with Gasteiger partial charge in [-0.25, -0.2) is 0 Å². The molecular formula is C17H27NO2. The third kappa shape index (κ3) is 3.89. The van der Waals surface area contributed by atoms with E-state index in [1.54, 1.807) is 14.2 Å². The molecule has 1 aliphatic carbocycles. The molecule has 1 aromatic rings. The van der Waals surface area contributed by atoms with Crippen molar-refractivity contribution in [2.75, 3.05) is 14.2 Å². The Balaban J connectivity index is 2.05. The van der Waals surface area contributed by atoms with Crippen molar-refractivity contribution < 1.29 is 9.47 Å². The summed E-state index contributed by atoms with van der Waals surface area (Å²) in [5, 5.41) is 0. The van der Waals surface area contributed by atoms with Crippen LogP contribution in [-0.2, 0) is 0 Å². The SMILES string of the molecule is COc1ccc(C(N)CC2CCCCCC2)c(OC)c1. The van der Waals surface area contributed by atoms with Gasteiger partial charge in [-0.3, -0.25) is 0 Å². The zero-order chi connectivity index (χ0) is 14.4. The molecule has 0 bridgehead atoms. The van der Waals surface area contributed by atoms with Gasteiger partial charge >= 0.3 is 0 Å². The lowest BCUT2D eigenvalue weighted by Gasteiger charge is -2.21. The van der Waals surface area contributed by atoms with Crippen LogP contribution in [0, 0.1) is 5.92 Å². The van der Waals surface area contributed by atoms with Crippen LogP contribution in [0.2, 0.25) is 0 Å². The first-order valence-corrected chi connectivity index (χ1v) is 7.72. The molecule has 2 rings (SSSR count). The molecule has 1 unspecified atom stereocenters. The van der Waals surface area contributed by atoms with Gasteiger partial charge in [-0.05, 0) is 18.4 Å². The summed E-state index contributed by atoms with van der Waals surface area (Å²) in [7, 11) is 3.36. The number of rotatable bonds is 5. The van der Waals surface area contributed by atoms with E-state index in [9.17, 15) is 0 Å². The highest BCUT2D eigenvalue weighted by atomic mass is 16.5. The minimum absolute atomic E-state index is 0.0546. The van der Waals surface area contributed by atoms with Crippen LogP contribution in [0.4, 0.5) is 0 Å². The lowest BCUT2D eigenvalue weighted by molar-refractivity contribution is 0.368. The highest BCUT2D eigenvalue weighted by Crippen LogP contribution is 2.34. The number of hydrogen-bond donors (Lipinski definition) is 1. The quantitative estimate of drug-likeness (QED) is 0.825. The van der Waals surface area contributed by atoms with Crippen LogP contribution in [0.1, 0.15) is 56.6 Å². The summed E-state index contributed by atoms with van der Waals surface area (Å²) in [4.78, 5) is 0. The molecule has 0 spiro atoms. The fourth-order valence-corrected chi connectivity index (χ4v) is 3.21. The Kier molecular flexibility index (Phi) is 5.72. The molecule has 3 heteroatoms. The molecule has 1 aromatic carbocycles. The van der Waals surface area contributed by atoms with Gasteiger partial charge in [-0.1, -0.05) is 44.6 Å². The molecule has 2 N–H and O–H groups in total. The van der Waals surface area contributed by atoms with Crippen molar-refractivity contribution >= 4 is 0 Å². The summed E-state index contributed by atoms with van der Waals surface area (Å²) in [6, 6.07) is 5.98. The molecule has 20 heavy (non-hydrogen) atoms. The van der Waals surface area contributed by atoms with Crippen LogP contribution in [0.15, 0.2) is 18.2 Å². The Bertz CT molecular complexity index is 411. The second-order valence-corrected chi connectivity index (χ2v) is 5.81. The lowest BCUT2D eigenvalue weighted by atomic mass is 9.89. The largest absolute Gasteiger partial charge is 0.497 e. The van der Waals surface area contributed by atoms with Gasteiger partial charge in [0.05, 0.1) is 14.2 Å². The predicted molar refractivity (Wildman–Crippen MR) is 82.3 cm³/mol. The number of ether oxygens (including phenoxy) is 2.